The molecule has 2 N–H and O–H groups in total. The summed E-state index contributed by atoms with van der Waals surface area (Å²) >= 11 is 1.45. The number of amides is 2. The van der Waals surface area contributed by atoms with Crippen LogP contribution in [0, 0.1) is 5.82 Å². The molecule has 3 rings (SSSR count). The summed E-state index contributed by atoms with van der Waals surface area (Å²) in [6.07, 6.45) is -3.33. The van der Waals surface area contributed by atoms with Crippen molar-refractivity contribution in [1.82, 2.24) is 15.6 Å². The number of carbonyl (C=O) groups is 1. The highest BCUT2D eigenvalue weighted by Crippen LogP contribution is 2.32. The van der Waals surface area contributed by atoms with E-state index in [0.29, 0.717) is 17.7 Å². The zero-order valence-corrected chi connectivity index (χ0v) is 14.5. The molecule has 2 aromatic heterocycles. The smallest absolute Gasteiger partial charge is 0.416 e. The lowest BCUT2D eigenvalue weighted by Gasteiger charge is -2.13. The second-order valence-corrected chi connectivity index (χ2v) is 6.40. The normalized spacial score (nSPS) is 11.4. The summed E-state index contributed by atoms with van der Waals surface area (Å²) in [5.74, 6) is -0.577. The highest BCUT2D eigenvalue weighted by atomic mass is 32.1. The molecule has 2 amide bonds. The van der Waals surface area contributed by atoms with Gasteiger partial charge in [0.1, 0.15) is 12.1 Å². The van der Waals surface area contributed by atoms with E-state index in [-0.39, 0.29) is 12.1 Å². The summed E-state index contributed by atoms with van der Waals surface area (Å²) in [4.78, 5) is 16.9. The standard InChI is InChI=1S/C17H13F4N3O2S/c18-11-4-3-10(13(6-11)17(19,20)21)7-22-16(25)23-8-12-9-26-15(24-12)14-2-1-5-27-14/h1-6,9H,7-8H2,(H2,22,23,25). The van der Waals surface area contributed by atoms with Gasteiger partial charge in [-0.05, 0) is 29.1 Å². The molecular formula is C17H13F4N3O2S. The van der Waals surface area contributed by atoms with E-state index >= 15 is 0 Å². The molecule has 0 unspecified atom stereocenters. The van der Waals surface area contributed by atoms with E-state index in [9.17, 15) is 22.4 Å². The van der Waals surface area contributed by atoms with E-state index in [0.717, 1.165) is 17.0 Å². The van der Waals surface area contributed by atoms with Crippen molar-refractivity contribution in [1.29, 1.82) is 0 Å². The number of nitrogens with zero attached hydrogens (tertiary/aromatic N) is 1. The molecule has 2 heterocycles. The molecule has 0 radical (unpaired) electrons. The Kier molecular flexibility index (Phi) is 5.45. The Morgan fingerprint density at radius 3 is 2.67 bits per heavy atom. The van der Waals surface area contributed by atoms with E-state index in [1.807, 2.05) is 17.5 Å². The molecule has 0 aliphatic carbocycles. The van der Waals surface area contributed by atoms with Crippen LogP contribution in [0.4, 0.5) is 22.4 Å². The number of aromatic nitrogens is 1. The van der Waals surface area contributed by atoms with Crippen molar-refractivity contribution < 1.29 is 26.8 Å². The van der Waals surface area contributed by atoms with Crippen LogP contribution >= 0.6 is 11.3 Å². The maximum atomic E-state index is 13.1. The Labute approximate surface area is 155 Å². The van der Waals surface area contributed by atoms with Crippen LogP contribution in [0.5, 0.6) is 0 Å². The second-order valence-electron chi connectivity index (χ2n) is 5.46. The Morgan fingerprint density at radius 2 is 1.96 bits per heavy atom. The van der Waals surface area contributed by atoms with Gasteiger partial charge in [0, 0.05) is 6.54 Å². The van der Waals surface area contributed by atoms with Gasteiger partial charge < -0.3 is 15.1 Å². The van der Waals surface area contributed by atoms with Crippen molar-refractivity contribution in [2.75, 3.05) is 0 Å². The molecule has 0 fully saturated rings. The Morgan fingerprint density at radius 1 is 1.19 bits per heavy atom. The van der Waals surface area contributed by atoms with E-state index in [2.05, 4.69) is 15.6 Å². The summed E-state index contributed by atoms with van der Waals surface area (Å²) in [5.41, 5.74) is -0.897. The minimum absolute atomic E-state index is 0.0380. The van der Waals surface area contributed by atoms with Gasteiger partial charge in [0.25, 0.3) is 0 Å². The van der Waals surface area contributed by atoms with E-state index < -0.39 is 30.1 Å². The first-order valence-corrected chi connectivity index (χ1v) is 8.56. The number of urea groups is 1. The predicted molar refractivity (Wildman–Crippen MR) is 90.3 cm³/mol. The zero-order valence-electron chi connectivity index (χ0n) is 13.6. The lowest BCUT2D eigenvalue weighted by atomic mass is 10.1. The fourth-order valence-corrected chi connectivity index (χ4v) is 2.93. The van der Waals surface area contributed by atoms with Crippen molar-refractivity contribution in [3.05, 3.63) is 64.6 Å². The monoisotopic (exact) mass is 399 g/mol. The first-order chi connectivity index (χ1) is 12.8. The summed E-state index contributed by atoms with van der Waals surface area (Å²) in [6.45, 7) is -0.365. The number of rotatable bonds is 5. The van der Waals surface area contributed by atoms with Crippen molar-refractivity contribution in [2.24, 2.45) is 0 Å². The number of benzene rings is 1. The molecule has 0 aliphatic heterocycles. The number of oxazole rings is 1. The average Bonchev–Trinajstić information content (AvgIpc) is 3.29. The van der Waals surface area contributed by atoms with Crippen LogP contribution in [-0.2, 0) is 19.3 Å². The van der Waals surface area contributed by atoms with Gasteiger partial charge in [0.05, 0.1) is 22.7 Å². The number of hydrogen-bond acceptors (Lipinski definition) is 4. The topological polar surface area (TPSA) is 67.2 Å². The maximum absolute atomic E-state index is 13.1. The van der Waals surface area contributed by atoms with Gasteiger partial charge >= 0.3 is 12.2 Å². The summed E-state index contributed by atoms with van der Waals surface area (Å²) in [7, 11) is 0. The van der Waals surface area contributed by atoms with E-state index in [1.54, 1.807) is 0 Å². The second kappa shape index (κ2) is 7.78. The minimum atomic E-state index is -4.71. The summed E-state index contributed by atoms with van der Waals surface area (Å²) in [6, 6.07) is 5.29. The zero-order chi connectivity index (χ0) is 19.4. The van der Waals surface area contributed by atoms with Crippen molar-refractivity contribution in [3.63, 3.8) is 0 Å². The van der Waals surface area contributed by atoms with Crippen molar-refractivity contribution >= 4 is 17.4 Å². The molecule has 0 spiro atoms. The molecule has 1 aromatic carbocycles. The molecule has 3 aromatic rings. The van der Waals surface area contributed by atoms with E-state index in [4.69, 9.17) is 4.42 Å². The Hall–Kier alpha value is -2.88. The van der Waals surface area contributed by atoms with Gasteiger partial charge in [-0.25, -0.2) is 14.2 Å². The Bertz CT molecular complexity index is 923. The van der Waals surface area contributed by atoms with Crippen LogP contribution < -0.4 is 10.6 Å². The van der Waals surface area contributed by atoms with Crippen molar-refractivity contribution in [2.45, 2.75) is 19.3 Å². The molecule has 0 saturated carbocycles. The highest BCUT2D eigenvalue weighted by molar-refractivity contribution is 7.13. The third kappa shape index (κ3) is 4.85. The van der Waals surface area contributed by atoms with Crippen LogP contribution in [0.2, 0.25) is 0 Å². The van der Waals surface area contributed by atoms with Gasteiger partial charge in [-0.3, -0.25) is 0 Å². The number of carbonyl (C=O) groups excluding carboxylic acids is 1. The molecule has 5 nitrogen and oxygen atoms in total. The summed E-state index contributed by atoms with van der Waals surface area (Å²) in [5, 5.41) is 6.65. The van der Waals surface area contributed by atoms with Crippen LogP contribution in [0.25, 0.3) is 10.8 Å². The lowest BCUT2D eigenvalue weighted by Crippen LogP contribution is -2.35. The van der Waals surface area contributed by atoms with Crippen molar-refractivity contribution in [3.8, 4) is 10.8 Å². The van der Waals surface area contributed by atoms with Gasteiger partial charge in [-0.15, -0.1) is 11.3 Å². The highest BCUT2D eigenvalue weighted by Gasteiger charge is 2.33. The molecule has 10 heteroatoms. The van der Waals surface area contributed by atoms with Crippen LogP contribution in [0.3, 0.4) is 0 Å². The molecule has 0 aliphatic rings. The molecule has 0 saturated heterocycles. The first kappa shape index (κ1) is 18.9. The molecule has 142 valence electrons. The first-order valence-electron chi connectivity index (χ1n) is 7.68. The molecular weight excluding hydrogens is 386 g/mol. The number of thiophene rings is 1. The SMILES string of the molecule is O=C(NCc1coc(-c2cccs2)n1)NCc1ccc(F)cc1C(F)(F)F. The van der Waals surface area contributed by atoms with Gasteiger partial charge in [-0.2, -0.15) is 13.2 Å². The maximum Gasteiger partial charge on any atom is 0.416 e. The fourth-order valence-electron chi connectivity index (χ4n) is 2.28. The van der Waals surface area contributed by atoms with Crippen LogP contribution in [0.1, 0.15) is 16.8 Å². The molecule has 27 heavy (non-hydrogen) atoms. The average molecular weight is 399 g/mol. The summed E-state index contributed by atoms with van der Waals surface area (Å²) < 4.78 is 57.2. The predicted octanol–water partition coefficient (Wildman–Crippen LogP) is 4.56. The fraction of sp³-hybridized carbons (Fsp3) is 0.176. The third-order valence-corrected chi connectivity index (χ3v) is 4.39. The quantitative estimate of drug-likeness (QED) is 0.618. The number of halogens is 4. The van der Waals surface area contributed by atoms with E-state index in [1.165, 1.54) is 17.6 Å². The minimum Gasteiger partial charge on any atom is -0.443 e. The van der Waals surface area contributed by atoms with Gasteiger partial charge in [0.15, 0.2) is 0 Å². The largest absolute Gasteiger partial charge is 0.443 e. The molecule has 0 atom stereocenters. The van der Waals surface area contributed by atoms with Gasteiger partial charge in [-0.1, -0.05) is 12.1 Å². The third-order valence-electron chi connectivity index (χ3n) is 3.53. The van der Waals surface area contributed by atoms with Crippen LogP contribution in [-0.4, -0.2) is 11.0 Å². The van der Waals surface area contributed by atoms with Gasteiger partial charge in [0.2, 0.25) is 5.89 Å². The number of alkyl halides is 3. The molecule has 0 bridgehead atoms. The number of hydrogen-bond donors (Lipinski definition) is 2. The lowest BCUT2D eigenvalue weighted by molar-refractivity contribution is -0.138. The van der Waals surface area contributed by atoms with Crippen LogP contribution in [0.15, 0.2) is 46.4 Å². The number of nitrogens with one attached hydrogen (secondary N) is 2. The Balaban J connectivity index is 1.55.